The number of hydrogen-bond donors (Lipinski definition) is 1. The van der Waals surface area contributed by atoms with Crippen molar-refractivity contribution in [1.82, 2.24) is 5.32 Å². The van der Waals surface area contributed by atoms with Crippen molar-refractivity contribution in [3.05, 3.63) is 0 Å². The first-order chi connectivity index (χ1) is 6.39. The molecule has 0 radical (unpaired) electrons. The fourth-order valence-electron chi connectivity index (χ4n) is 0.978. The molecule has 0 saturated carbocycles. The molecule has 80 valence electrons. The Morgan fingerprint density at radius 3 is 2.50 bits per heavy atom. The van der Waals surface area contributed by atoms with Crippen molar-refractivity contribution in [2.75, 3.05) is 6.54 Å². The monoisotopic (exact) mass is 214 g/mol. The SMILES string of the molecule is CCNC(=O)CC(C#N)O[Si](C)(C)C. The Balaban J connectivity index is 4.05. The zero-order chi connectivity index (χ0) is 11.2. The highest BCUT2D eigenvalue weighted by Crippen LogP contribution is 2.09. The zero-order valence-corrected chi connectivity index (χ0v) is 10.3. The molecule has 0 fully saturated rings. The molecule has 1 unspecified atom stereocenters. The van der Waals surface area contributed by atoms with Crippen molar-refractivity contribution < 1.29 is 9.22 Å². The van der Waals surface area contributed by atoms with Crippen LogP contribution in [-0.2, 0) is 9.22 Å². The first-order valence-electron chi connectivity index (χ1n) is 4.73. The molecule has 0 aromatic rings. The van der Waals surface area contributed by atoms with Gasteiger partial charge in [-0.05, 0) is 26.6 Å². The summed E-state index contributed by atoms with van der Waals surface area (Å²) in [6, 6.07) is 2.00. The van der Waals surface area contributed by atoms with Crippen LogP contribution >= 0.6 is 0 Å². The maximum Gasteiger partial charge on any atom is 0.223 e. The molecule has 0 heterocycles. The van der Waals surface area contributed by atoms with Crippen molar-refractivity contribution >= 4 is 14.2 Å². The highest BCUT2D eigenvalue weighted by molar-refractivity contribution is 6.69. The fraction of sp³-hybridized carbons (Fsp3) is 0.778. The van der Waals surface area contributed by atoms with E-state index in [2.05, 4.69) is 5.32 Å². The number of carbonyl (C=O) groups is 1. The molecule has 0 aromatic heterocycles. The summed E-state index contributed by atoms with van der Waals surface area (Å²) in [7, 11) is -1.73. The molecule has 1 N–H and O–H groups in total. The molecule has 0 aromatic carbocycles. The summed E-state index contributed by atoms with van der Waals surface area (Å²) >= 11 is 0. The van der Waals surface area contributed by atoms with E-state index in [1.807, 2.05) is 32.6 Å². The van der Waals surface area contributed by atoms with Gasteiger partial charge in [-0.25, -0.2) is 0 Å². The van der Waals surface area contributed by atoms with E-state index >= 15 is 0 Å². The van der Waals surface area contributed by atoms with Gasteiger partial charge in [-0.1, -0.05) is 0 Å². The lowest BCUT2D eigenvalue weighted by Gasteiger charge is -2.21. The quantitative estimate of drug-likeness (QED) is 0.701. The van der Waals surface area contributed by atoms with Gasteiger partial charge in [0.2, 0.25) is 5.91 Å². The minimum Gasteiger partial charge on any atom is -0.402 e. The first kappa shape index (κ1) is 13.1. The second kappa shape index (κ2) is 5.78. The molecule has 0 saturated heterocycles. The molecule has 0 aliphatic carbocycles. The minimum atomic E-state index is -1.73. The van der Waals surface area contributed by atoms with Gasteiger partial charge in [0.15, 0.2) is 8.32 Å². The summed E-state index contributed by atoms with van der Waals surface area (Å²) in [5.41, 5.74) is 0. The van der Waals surface area contributed by atoms with Crippen LogP contribution in [-0.4, -0.2) is 26.9 Å². The lowest BCUT2D eigenvalue weighted by Crippen LogP contribution is -2.35. The van der Waals surface area contributed by atoms with E-state index in [-0.39, 0.29) is 12.3 Å². The van der Waals surface area contributed by atoms with E-state index in [1.54, 1.807) is 0 Å². The van der Waals surface area contributed by atoms with Crippen LogP contribution in [0, 0.1) is 11.3 Å². The molecule has 0 bridgehead atoms. The normalized spacial score (nSPS) is 13.1. The first-order valence-corrected chi connectivity index (χ1v) is 8.14. The van der Waals surface area contributed by atoms with Crippen LogP contribution < -0.4 is 5.32 Å². The minimum absolute atomic E-state index is 0.127. The molecule has 14 heavy (non-hydrogen) atoms. The van der Waals surface area contributed by atoms with Gasteiger partial charge in [-0.15, -0.1) is 0 Å². The number of amides is 1. The van der Waals surface area contributed by atoms with Crippen molar-refractivity contribution in [3.8, 4) is 6.07 Å². The third kappa shape index (κ3) is 6.63. The van der Waals surface area contributed by atoms with Crippen molar-refractivity contribution in [3.63, 3.8) is 0 Å². The second-order valence-electron chi connectivity index (χ2n) is 4.01. The number of hydrogen-bond acceptors (Lipinski definition) is 3. The van der Waals surface area contributed by atoms with Crippen LogP contribution in [0.5, 0.6) is 0 Å². The zero-order valence-electron chi connectivity index (χ0n) is 9.26. The van der Waals surface area contributed by atoms with Crippen molar-refractivity contribution in [2.45, 2.75) is 39.1 Å². The molecule has 0 aliphatic heterocycles. The molecular weight excluding hydrogens is 196 g/mol. The summed E-state index contributed by atoms with van der Waals surface area (Å²) in [5, 5.41) is 11.4. The van der Waals surface area contributed by atoms with E-state index in [9.17, 15) is 4.79 Å². The number of nitrogens with one attached hydrogen (secondary N) is 1. The second-order valence-corrected chi connectivity index (χ2v) is 8.47. The Morgan fingerprint density at radius 1 is 1.57 bits per heavy atom. The maximum atomic E-state index is 11.2. The maximum absolute atomic E-state index is 11.2. The molecule has 1 atom stereocenters. The molecule has 1 amide bonds. The Labute approximate surface area is 86.4 Å². The van der Waals surface area contributed by atoms with E-state index in [4.69, 9.17) is 9.69 Å². The largest absolute Gasteiger partial charge is 0.402 e. The fourth-order valence-corrected chi connectivity index (χ4v) is 1.97. The van der Waals surface area contributed by atoms with Crippen LogP contribution in [0.1, 0.15) is 13.3 Å². The van der Waals surface area contributed by atoms with E-state index in [1.165, 1.54) is 0 Å². The van der Waals surface area contributed by atoms with Gasteiger partial charge in [0.05, 0.1) is 12.5 Å². The number of nitriles is 1. The van der Waals surface area contributed by atoms with E-state index in [0.29, 0.717) is 6.54 Å². The average molecular weight is 214 g/mol. The number of nitrogens with zero attached hydrogens (tertiary/aromatic N) is 1. The van der Waals surface area contributed by atoms with E-state index < -0.39 is 14.4 Å². The summed E-state index contributed by atoms with van der Waals surface area (Å²) in [5.74, 6) is -0.127. The highest BCUT2D eigenvalue weighted by Gasteiger charge is 2.22. The topological polar surface area (TPSA) is 62.1 Å². The molecule has 5 heteroatoms. The number of carbonyl (C=O) groups excluding carboxylic acids is 1. The Kier molecular flexibility index (Phi) is 5.42. The average Bonchev–Trinajstić information content (AvgIpc) is 2.01. The van der Waals surface area contributed by atoms with Gasteiger partial charge in [-0.3, -0.25) is 4.79 Å². The van der Waals surface area contributed by atoms with Gasteiger partial charge < -0.3 is 9.74 Å². The summed E-state index contributed by atoms with van der Waals surface area (Å²) < 4.78 is 5.52. The molecule has 0 aliphatic rings. The molecule has 0 rings (SSSR count). The third-order valence-corrected chi connectivity index (χ3v) is 2.38. The smallest absolute Gasteiger partial charge is 0.223 e. The van der Waals surface area contributed by atoms with Gasteiger partial charge in [0.1, 0.15) is 6.10 Å². The van der Waals surface area contributed by atoms with Crippen molar-refractivity contribution in [2.24, 2.45) is 0 Å². The summed E-state index contributed by atoms with van der Waals surface area (Å²) in [6.45, 7) is 8.42. The Bertz CT molecular complexity index is 230. The standard InChI is InChI=1S/C9H18N2O2Si/c1-5-11-9(12)6-8(7-10)13-14(2,3)4/h8H,5-6H2,1-4H3,(H,11,12). The third-order valence-electron chi connectivity index (χ3n) is 1.38. The molecule has 4 nitrogen and oxygen atoms in total. The Morgan fingerprint density at radius 2 is 2.14 bits per heavy atom. The van der Waals surface area contributed by atoms with Crippen LogP contribution in [0.4, 0.5) is 0 Å². The van der Waals surface area contributed by atoms with Crippen LogP contribution in [0.3, 0.4) is 0 Å². The molecule has 0 spiro atoms. The van der Waals surface area contributed by atoms with Crippen LogP contribution in [0.25, 0.3) is 0 Å². The van der Waals surface area contributed by atoms with Gasteiger partial charge in [0.25, 0.3) is 0 Å². The van der Waals surface area contributed by atoms with Gasteiger partial charge >= 0.3 is 0 Å². The lowest BCUT2D eigenvalue weighted by atomic mass is 10.2. The highest BCUT2D eigenvalue weighted by atomic mass is 28.4. The summed E-state index contributed by atoms with van der Waals surface area (Å²) in [6.07, 6.45) is -0.470. The van der Waals surface area contributed by atoms with Crippen LogP contribution in [0.15, 0.2) is 0 Å². The number of rotatable bonds is 5. The molecular formula is C9H18N2O2Si. The predicted molar refractivity (Wildman–Crippen MR) is 57.1 cm³/mol. The summed E-state index contributed by atoms with van der Waals surface area (Å²) in [4.78, 5) is 11.2. The lowest BCUT2D eigenvalue weighted by molar-refractivity contribution is -0.122. The van der Waals surface area contributed by atoms with E-state index in [0.717, 1.165) is 0 Å². The predicted octanol–water partition coefficient (Wildman–Crippen LogP) is 1.26. The van der Waals surface area contributed by atoms with Crippen molar-refractivity contribution in [1.29, 1.82) is 5.26 Å². The Hall–Kier alpha value is -0.863. The van der Waals surface area contributed by atoms with Gasteiger partial charge in [0, 0.05) is 6.54 Å². The van der Waals surface area contributed by atoms with Crippen LogP contribution in [0.2, 0.25) is 19.6 Å². The van der Waals surface area contributed by atoms with Gasteiger partial charge in [-0.2, -0.15) is 5.26 Å².